The van der Waals surface area contributed by atoms with Crippen molar-refractivity contribution in [3.63, 3.8) is 0 Å². The normalized spacial score (nSPS) is 12.7. The summed E-state index contributed by atoms with van der Waals surface area (Å²) in [6, 6.07) is 71.5. The van der Waals surface area contributed by atoms with Gasteiger partial charge in [-0.3, -0.25) is 0 Å². The first kappa shape index (κ1) is 35.4. The summed E-state index contributed by atoms with van der Waals surface area (Å²) in [6.07, 6.45) is 0. The van der Waals surface area contributed by atoms with Gasteiger partial charge in [0.2, 0.25) is 0 Å². The standard InChI is InChI=1S/C55H40N2S2/c1-55(2)49-28-12-11-25-43(49)46-35-47-48(36-50(46)55)54(57(52-30-16-32-59-52)42-24-14-22-40(34-42)38-19-7-4-8-20-38)45-27-10-9-26-44(45)53(47)56(51-29-15-31-58-51)41-23-13-21-39(33-41)37-17-5-3-6-18-37/h3-36H,1-2H3. The molecule has 2 aromatic heterocycles. The van der Waals surface area contributed by atoms with E-state index < -0.39 is 0 Å². The first-order valence-corrected chi connectivity index (χ1v) is 21.9. The Hall–Kier alpha value is -6.72. The number of nitrogens with zero attached hydrogens (tertiary/aromatic N) is 2. The molecule has 4 heteroatoms. The first-order chi connectivity index (χ1) is 29.0. The number of anilines is 6. The van der Waals surface area contributed by atoms with Crippen LogP contribution in [0.3, 0.4) is 0 Å². The van der Waals surface area contributed by atoms with E-state index in [2.05, 4.69) is 229 Å². The highest BCUT2D eigenvalue weighted by molar-refractivity contribution is 7.14. The van der Waals surface area contributed by atoms with Crippen LogP contribution in [0.4, 0.5) is 32.8 Å². The molecule has 2 nitrogen and oxygen atoms in total. The molecule has 1 aliphatic rings. The second-order valence-electron chi connectivity index (χ2n) is 15.8. The molecule has 0 atom stereocenters. The molecule has 0 spiro atoms. The van der Waals surface area contributed by atoms with Crippen LogP contribution in [-0.4, -0.2) is 0 Å². The van der Waals surface area contributed by atoms with Gasteiger partial charge in [0.1, 0.15) is 0 Å². The van der Waals surface area contributed by atoms with Crippen molar-refractivity contribution in [2.75, 3.05) is 9.80 Å². The van der Waals surface area contributed by atoms with Gasteiger partial charge < -0.3 is 9.80 Å². The van der Waals surface area contributed by atoms with Gasteiger partial charge in [0.15, 0.2) is 0 Å². The van der Waals surface area contributed by atoms with E-state index in [9.17, 15) is 0 Å². The van der Waals surface area contributed by atoms with Crippen molar-refractivity contribution in [3.05, 3.63) is 216 Å². The summed E-state index contributed by atoms with van der Waals surface area (Å²) in [5.41, 5.74) is 14.6. The third-order valence-electron chi connectivity index (χ3n) is 12.0. The van der Waals surface area contributed by atoms with Gasteiger partial charge in [0.05, 0.1) is 21.4 Å². The topological polar surface area (TPSA) is 6.48 Å². The molecule has 0 aliphatic heterocycles. The molecule has 59 heavy (non-hydrogen) atoms. The lowest BCUT2D eigenvalue weighted by Gasteiger charge is -2.32. The van der Waals surface area contributed by atoms with Gasteiger partial charge in [0, 0.05) is 38.3 Å². The second kappa shape index (κ2) is 14.3. The quantitative estimate of drug-likeness (QED) is 0.112. The summed E-state index contributed by atoms with van der Waals surface area (Å²) in [4.78, 5) is 5.02. The van der Waals surface area contributed by atoms with E-state index in [-0.39, 0.29) is 5.41 Å². The molecule has 282 valence electrons. The third-order valence-corrected chi connectivity index (χ3v) is 13.7. The zero-order valence-corrected chi connectivity index (χ0v) is 34.5. The van der Waals surface area contributed by atoms with Crippen LogP contribution < -0.4 is 9.80 Å². The van der Waals surface area contributed by atoms with Crippen LogP contribution in [0.5, 0.6) is 0 Å². The molecule has 0 radical (unpaired) electrons. The van der Waals surface area contributed by atoms with E-state index in [4.69, 9.17) is 0 Å². The van der Waals surface area contributed by atoms with Crippen molar-refractivity contribution in [1.82, 2.24) is 0 Å². The Bertz CT molecular complexity index is 3130. The van der Waals surface area contributed by atoms with E-state index in [1.165, 1.54) is 87.4 Å². The summed E-state index contributed by atoms with van der Waals surface area (Å²) in [5.74, 6) is 0. The zero-order valence-electron chi connectivity index (χ0n) is 32.8. The minimum Gasteiger partial charge on any atom is -0.301 e. The molecule has 0 unspecified atom stereocenters. The van der Waals surface area contributed by atoms with E-state index >= 15 is 0 Å². The lowest BCUT2D eigenvalue weighted by atomic mass is 9.81. The largest absolute Gasteiger partial charge is 0.301 e. The van der Waals surface area contributed by atoms with Gasteiger partial charge >= 0.3 is 0 Å². The van der Waals surface area contributed by atoms with Crippen LogP contribution in [0.15, 0.2) is 205 Å². The highest BCUT2D eigenvalue weighted by Crippen LogP contribution is 2.57. The molecular weight excluding hydrogens is 753 g/mol. The van der Waals surface area contributed by atoms with Gasteiger partial charge in [0.25, 0.3) is 0 Å². The Morgan fingerprint density at radius 1 is 0.356 bits per heavy atom. The minimum absolute atomic E-state index is 0.179. The summed E-state index contributed by atoms with van der Waals surface area (Å²) in [5, 5.41) is 11.5. The summed E-state index contributed by atoms with van der Waals surface area (Å²) >= 11 is 3.55. The lowest BCUT2D eigenvalue weighted by molar-refractivity contribution is 0.661. The van der Waals surface area contributed by atoms with Gasteiger partial charge in [-0.05, 0) is 116 Å². The van der Waals surface area contributed by atoms with Crippen LogP contribution in [0.1, 0.15) is 25.0 Å². The number of hydrogen-bond acceptors (Lipinski definition) is 4. The van der Waals surface area contributed by atoms with Crippen LogP contribution in [0, 0.1) is 0 Å². The zero-order chi connectivity index (χ0) is 39.5. The van der Waals surface area contributed by atoms with E-state index in [1.807, 2.05) is 0 Å². The number of hydrogen-bond donors (Lipinski definition) is 0. The molecule has 10 aromatic rings. The van der Waals surface area contributed by atoms with Crippen molar-refractivity contribution in [3.8, 4) is 33.4 Å². The van der Waals surface area contributed by atoms with Gasteiger partial charge in [-0.15, -0.1) is 22.7 Å². The Morgan fingerprint density at radius 2 is 0.831 bits per heavy atom. The summed E-state index contributed by atoms with van der Waals surface area (Å²) < 4.78 is 0. The average Bonchev–Trinajstić information content (AvgIpc) is 4.07. The minimum atomic E-state index is -0.179. The van der Waals surface area contributed by atoms with Crippen LogP contribution in [0.2, 0.25) is 0 Å². The van der Waals surface area contributed by atoms with E-state index in [1.54, 1.807) is 22.7 Å². The maximum atomic E-state index is 2.53. The predicted octanol–water partition coefficient (Wildman–Crippen LogP) is 16.7. The van der Waals surface area contributed by atoms with Gasteiger partial charge in [-0.1, -0.05) is 147 Å². The first-order valence-electron chi connectivity index (χ1n) is 20.2. The van der Waals surface area contributed by atoms with Crippen molar-refractivity contribution < 1.29 is 0 Å². The molecule has 0 N–H and O–H groups in total. The number of benzene rings is 8. The molecule has 0 bridgehead atoms. The number of rotatable bonds is 8. The Balaban J connectivity index is 1.27. The highest BCUT2D eigenvalue weighted by Gasteiger charge is 2.37. The molecule has 1 aliphatic carbocycles. The molecule has 0 saturated carbocycles. The van der Waals surface area contributed by atoms with Crippen molar-refractivity contribution >= 4 is 77.0 Å². The average molecular weight is 793 g/mol. The Labute approximate surface area is 353 Å². The predicted molar refractivity (Wildman–Crippen MR) is 255 cm³/mol. The molecule has 0 saturated heterocycles. The fourth-order valence-corrected chi connectivity index (χ4v) is 10.8. The Morgan fingerprint density at radius 3 is 1.36 bits per heavy atom. The number of fused-ring (bicyclic) bond motifs is 5. The molecule has 0 amide bonds. The molecule has 11 rings (SSSR count). The summed E-state index contributed by atoms with van der Waals surface area (Å²) in [6.45, 7) is 4.77. The molecule has 2 heterocycles. The van der Waals surface area contributed by atoms with E-state index in [0.29, 0.717) is 0 Å². The maximum absolute atomic E-state index is 2.53. The second-order valence-corrected chi connectivity index (χ2v) is 17.6. The van der Waals surface area contributed by atoms with Crippen molar-refractivity contribution in [1.29, 1.82) is 0 Å². The van der Waals surface area contributed by atoms with Gasteiger partial charge in [-0.25, -0.2) is 0 Å². The highest BCUT2D eigenvalue weighted by atomic mass is 32.1. The van der Waals surface area contributed by atoms with E-state index in [0.717, 1.165) is 11.4 Å². The van der Waals surface area contributed by atoms with Crippen LogP contribution >= 0.6 is 22.7 Å². The fraction of sp³-hybridized carbons (Fsp3) is 0.0545. The molecular formula is C55H40N2S2. The van der Waals surface area contributed by atoms with Crippen molar-refractivity contribution in [2.45, 2.75) is 19.3 Å². The smallest absolute Gasteiger partial charge is 0.0999 e. The lowest BCUT2D eigenvalue weighted by Crippen LogP contribution is -2.16. The maximum Gasteiger partial charge on any atom is 0.0999 e. The Kier molecular flexibility index (Phi) is 8.58. The SMILES string of the molecule is CC1(C)c2ccccc2-c2cc3c(N(c4cccc(-c5ccccc5)c4)c4cccs4)c4ccccc4c(N(c4cccc(-c5ccccc5)c4)c4cccs4)c3cc21. The third kappa shape index (κ3) is 5.90. The number of thiophene rings is 2. The van der Waals surface area contributed by atoms with Crippen LogP contribution in [-0.2, 0) is 5.41 Å². The fourth-order valence-electron chi connectivity index (χ4n) is 9.25. The molecule has 0 fully saturated rings. The van der Waals surface area contributed by atoms with Crippen LogP contribution in [0.25, 0.3) is 54.9 Å². The monoisotopic (exact) mass is 792 g/mol. The molecule has 8 aromatic carbocycles. The summed E-state index contributed by atoms with van der Waals surface area (Å²) in [7, 11) is 0. The van der Waals surface area contributed by atoms with Gasteiger partial charge in [-0.2, -0.15) is 0 Å². The van der Waals surface area contributed by atoms with Crippen molar-refractivity contribution in [2.24, 2.45) is 0 Å².